The van der Waals surface area contributed by atoms with Crippen LogP contribution in [0.5, 0.6) is 0 Å². The van der Waals surface area contributed by atoms with Crippen LogP contribution >= 0.6 is 0 Å². The molecule has 0 atom stereocenters. The maximum atomic E-state index is 12.2. The molecule has 26 heavy (non-hydrogen) atoms. The lowest BCUT2D eigenvalue weighted by Crippen LogP contribution is -2.35. The normalized spacial score (nSPS) is 10.3. The minimum absolute atomic E-state index is 0.0499. The van der Waals surface area contributed by atoms with Gasteiger partial charge in [0.25, 0.3) is 0 Å². The van der Waals surface area contributed by atoms with Crippen LogP contribution in [0.1, 0.15) is 34.3 Å². The molecule has 2 aromatic rings. The zero-order valence-corrected chi connectivity index (χ0v) is 15.4. The van der Waals surface area contributed by atoms with Gasteiger partial charge in [-0.1, -0.05) is 42.5 Å². The molecule has 0 bridgehead atoms. The first-order valence-corrected chi connectivity index (χ1v) is 8.56. The van der Waals surface area contributed by atoms with Crippen LogP contribution in [0.25, 0.3) is 0 Å². The summed E-state index contributed by atoms with van der Waals surface area (Å²) < 4.78 is 0. The number of nitrogens with zero attached hydrogens (tertiary/aromatic N) is 1. The van der Waals surface area contributed by atoms with Crippen molar-refractivity contribution in [2.24, 2.45) is 0 Å². The lowest BCUT2D eigenvalue weighted by Gasteiger charge is -2.17. The average Bonchev–Trinajstić information content (AvgIpc) is 2.63. The molecule has 0 aliphatic heterocycles. The number of carbonyl (C=O) groups is 3. The fourth-order valence-electron chi connectivity index (χ4n) is 2.54. The second kappa shape index (κ2) is 8.94. The number of nitrogens with one attached hydrogen (secondary N) is 1. The number of benzene rings is 2. The zero-order chi connectivity index (χ0) is 19.1. The van der Waals surface area contributed by atoms with Crippen LogP contribution in [0.4, 0.5) is 5.69 Å². The van der Waals surface area contributed by atoms with Crippen LogP contribution in [0.15, 0.2) is 48.5 Å². The van der Waals surface area contributed by atoms with Gasteiger partial charge in [-0.05, 0) is 31.0 Å². The molecule has 0 radical (unpaired) electrons. The second-order valence-corrected chi connectivity index (χ2v) is 6.41. The van der Waals surface area contributed by atoms with Crippen LogP contribution in [-0.4, -0.2) is 36.1 Å². The molecule has 0 saturated heterocycles. The number of aryl methyl sites for hydroxylation is 2. The van der Waals surface area contributed by atoms with Crippen molar-refractivity contribution in [1.82, 2.24) is 4.90 Å². The van der Waals surface area contributed by atoms with Gasteiger partial charge in [0.1, 0.15) is 0 Å². The highest BCUT2D eigenvalue weighted by molar-refractivity contribution is 5.99. The van der Waals surface area contributed by atoms with Crippen molar-refractivity contribution in [3.8, 4) is 0 Å². The lowest BCUT2D eigenvalue weighted by molar-refractivity contribution is -0.133. The van der Waals surface area contributed by atoms with E-state index in [-0.39, 0.29) is 37.0 Å². The quantitative estimate of drug-likeness (QED) is 0.777. The lowest BCUT2D eigenvalue weighted by atomic mass is 10.1. The summed E-state index contributed by atoms with van der Waals surface area (Å²) in [5.41, 5.74) is 3.35. The first kappa shape index (κ1) is 19.4. The summed E-state index contributed by atoms with van der Waals surface area (Å²) in [6.45, 7) is 3.82. The highest BCUT2D eigenvalue weighted by Crippen LogP contribution is 2.16. The number of hydrogen-bond donors (Lipinski definition) is 1. The van der Waals surface area contributed by atoms with E-state index < -0.39 is 0 Å². The molecule has 5 nitrogen and oxygen atoms in total. The predicted molar refractivity (Wildman–Crippen MR) is 102 cm³/mol. The zero-order valence-electron chi connectivity index (χ0n) is 15.4. The molecule has 0 heterocycles. The van der Waals surface area contributed by atoms with Gasteiger partial charge in [-0.25, -0.2) is 0 Å². The third kappa shape index (κ3) is 5.55. The van der Waals surface area contributed by atoms with Crippen molar-refractivity contribution in [3.05, 3.63) is 65.2 Å². The minimum atomic E-state index is -0.260. The topological polar surface area (TPSA) is 66.5 Å². The van der Waals surface area contributed by atoms with Gasteiger partial charge >= 0.3 is 0 Å². The molecular weight excluding hydrogens is 328 g/mol. The number of rotatable bonds is 7. The molecule has 136 valence electrons. The Hall–Kier alpha value is -2.95. The maximum Gasteiger partial charge on any atom is 0.243 e. The number of carbonyl (C=O) groups excluding carboxylic acids is 3. The first-order valence-electron chi connectivity index (χ1n) is 8.56. The molecule has 0 saturated carbocycles. The molecule has 0 aromatic heterocycles. The van der Waals surface area contributed by atoms with Gasteiger partial charge in [0.15, 0.2) is 5.78 Å². The molecular formula is C21H24N2O3. The van der Waals surface area contributed by atoms with Gasteiger partial charge < -0.3 is 10.2 Å². The monoisotopic (exact) mass is 352 g/mol. The van der Waals surface area contributed by atoms with Gasteiger partial charge in [0.2, 0.25) is 11.8 Å². The van der Waals surface area contributed by atoms with E-state index in [1.165, 1.54) is 4.90 Å². The molecule has 1 N–H and O–H groups in total. The highest BCUT2D eigenvalue weighted by Gasteiger charge is 2.15. The number of Topliss-reactive ketones (excluding diaryl/α,β-unsaturated/α-hetero) is 1. The van der Waals surface area contributed by atoms with E-state index in [9.17, 15) is 14.4 Å². The summed E-state index contributed by atoms with van der Waals surface area (Å²) in [6, 6.07) is 14.7. The molecule has 0 unspecified atom stereocenters. The molecule has 2 aromatic carbocycles. The van der Waals surface area contributed by atoms with E-state index in [4.69, 9.17) is 0 Å². The molecule has 5 heteroatoms. The summed E-state index contributed by atoms with van der Waals surface area (Å²) in [4.78, 5) is 37.8. The third-order valence-corrected chi connectivity index (χ3v) is 4.14. The van der Waals surface area contributed by atoms with E-state index in [1.54, 1.807) is 31.3 Å². The van der Waals surface area contributed by atoms with Crippen molar-refractivity contribution in [1.29, 1.82) is 0 Å². The smallest absolute Gasteiger partial charge is 0.243 e. The Morgan fingerprint density at radius 3 is 2.35 bits per heavy atom. The molecule has 0 aliphatic rings. The third-order valence-electron chi connectivity index (χ3n) is 4.14. The minimum Gasteiger partial charge on any atom is -0.336 e. The van der Waals surface area contributed by atoms with Crippen molar-refractivity contribution in [2.45, 2.75) is 26.7 Å². The summed E-state index contributed by atoms with van der Waals surface area (Å²) in [5, 5.41) is 2.83. The first-order chi connectivity index (χ1) is 12.4. The Bertz CT molecular complexity index is 800. The Balaban J connectivity index is 1.83. The van der Waals surface area contributed by atoms with E-state index in [0.717, 1.165) is 16.8 Å². The van der Waals surface area contributed by atoms with Crippen molar-refractivity contribution >= 4 is 23.3 Å². The number of anilines is 1. The van der Waals surface area contributed by atoms with E-state index >= 15 is 0 Å². The number of hydrogen-bond acceptors (Lipinski definition) is 3. The Labute approximate surface area is 154 Å². The van der Waals surface area contributed by atoms with Crippen LogP contribution in [-0.2, 0) is 9.59 Å². The van der Waals surface area contributed by atoms with Crippen LogP contribution in [0.2, 0.25) is 0 Å². The standard InChI is InChI=1S/C21H24N2O3/c1-15-9-10-16(2)18(13-15)22-20(25)14-23(3)21(26)12-11-19(24)17-7-5-4-6-8-17/h4-10,13H,11-12,14H2,1-3H3,(H,22,25). The van der Waals surface area contributed by atoms with Gasteiger partial charge in [0.05, 0.1) is 6.54 Å². The average molecular weight is 352 g/mol. The Kier molecular flexibility index (Phi) is 6.67. The van der Waals surface area contributed by atoms with E-state index in [0.29, 0.717) is 5.56 Å². The number of likely N-dealkylation sites (N-methyl/N-ethyl adjacent to an activating group) is 1. The van der Waals surface area contributed by atoms with Gasteiger partial charge in [-0.15, -0.1) is 0 Å². The Morgan fingerprint density at radius 2 is 1.65 bits per heavy atom. The molecule has 0 spiro atoms. The fourth-order valence-corrected chi connectivity index (χ4v) is 2.54. The molecule has 0 aliphatic carbocycles. The maximum absolute atomic E-state index is 12.2. The highest BCUT2D eigenvalue weighted by atomic mass is 16.2. The molecule has 2 amide bonds. The van der Waals surface area contributed by atoms with Crippen molar-refractivity contribution in [3.63, 3.8) is 0 Å². The molecule has 0 fully saturated rings. The van der Waals surface area contributed by atoms with E-state index in [2.05, 4.69) is 5.32 Å². The van der Waals surface area contributed by atoms with Crippen molar-refractivity contribution in [2.75, 3.05) is 18.9 Å². The Morgan fingerprint density at radius 1 is 0.962 bits per heavy atom. The second-order valence-electron chi connectivity index (χ2n) is 6.41. The summed E-state index contributed by atoms with van der Waals surface area (Å²) in [5.74, 6) is -0.568. The molecule has 2 rings (SSSR count). The fraction of sp³-hybridized carbons (Fsp3) is 0.286. The SMILES string of the molecule is Cc1ccc(C)c(NC(=O)CN(C)C(=O)CCC(=O)c2ccccc2)c1. The van der Waals surface area contributed by atoms with Crippen LogP contribution in [0.3, 0.4) is 0 Å². The summed E-state index contributed by atoms with van der Waals surface area (Å²) >= 11 is 0. The number of ketones is 1. The summed E-state index contributed by atoms with van der Waals surface area (Å²) in [7, 11) is 1.57. The van der Waals surface area contributed by atoms with Crippen LogP contribution < -0.4 is 5.32 Å². The van der Waals surface area contributed by atoms with Crippen LogP contribution in [0, 0.1) is 13.8 Å². The largest absolute Gasteiger partial charge is 0.336 e. The van der Waals surface area contributed by atoms with Gasteiger partial charge in [0, 0.05) is 31.1 Å². The van der Waals surface area contributed by atoms with Gasteiger partial charge in [-0.3, -0.25) is 14.4 Å². The van der Waals surface area contributed by atoms with E-state index in [1.807, 2.05) is 38.1 Å². The number of amides is 2. The summed E-state index contributed by atoms with van der Waals surface area (Å²) in [6.07, 6.45) is 0.215. The van der Waals surface area contributed by atoms with Gasteiger partial charge in [-0.2, -0.15) is 0 Å². The van der Waals surface area contributed by atoms with Crippen molar-refractivity contribution < 1.29 is 14.4 Å². The predicted octanol–water partition coefficient (Wildman–Crippen LogP) is 3.36.